The van der Waals surface area contributed by atoms with Crippen LogP contribution in [0.25, 0.3) is 0 Å². The summed E-state index contributed by atoms with van der Waals surface area (Å²) in [4.78, 5) is 11.1. The second kappa shape index (κ2) is 9.48. The number of hydrogen-bond donors (Lipinski definition) is 1. The lowest BCUT2D eigenvalue weighted by molar-refractivity contribution is -0.143. The molecule has 0 radical (unpaired) electrons. The van der Waals surface area contributed by atoms with Gasteiger partial charge in [-0.15, -0.1) is 0 Å². The Morgan fingerprint density at radius 3 is 2.70 bits per heavy atom. The summed E-state index contributed by atoms with van der Waals surface area (Å²) in [7, 11) is 0. The molecule has 3 nitrogen and oxygen atoms in total. The van der Waals surface area contributed by atoms with Crippen LogP contribution in [0.4, 0.5) is 5.69 Å². The number of unbranched alkanes of at least 4 members (excludes halogenated alkanes) is 2. The van der Waals surface area contributed by atoms with Crippen LogP contribution in [0.2, 0.25) is 10.0 Å². The first-order valence-corrected chi connectivity index (χ1v) is 8.14. The molecular weight excluding hydrogens is 365 g/mol. The minimum Gasteiger partial charge on any atom is -0.466 e. The third kappa shape index (κ3) is 5.90. The highest BCUT2D eigenvalue weighted by molar-refractivity contribution is 9.10. The Bertz CT molecular complexity index is 455. The SMILES string of the molecule is CCOC(=O)CCCCCNc1ccc(Br)c(Cl)c1Cl. The number of rotatable bonds is 8. The highest BCUT2D eigenvalue weighted by Crippen LogP contribution is 2.35. The summed E-state index contributed by atoms with van der Waals surface area (Å²) < 4.78 is 5.65. The average molecular weight is 383 g/mol. The molecule has 112 valence electrons. The van der Waals surface area contributed by atoms with Gasteiger partial charge in [0.25, 0.3) is 0 Å². The molecule has 6 heteroatoms. The third-order valence-electron chi connectivity index (χ3n) is 2.71. The summed E-state index contributed by atoms with van der Waals surface area (Å²) in [6.07, 6.45) is 3.26. The smallest absolute Gasteiger partial charge is 0.305 e. The quantitative estimate of drug-likeness (QED) is 0.377. The topological polar surface area (TPSA) is 38.3 Å². The molecule has 0 bridgehead atoms. The largest absolute Gasteiger partial charge is 0.466 e. The summed E-state index contributed by atoms with van der Waals surface area (Å²) in [5.74, 6) is -0.122. The van der Waals surface area contributed by atoms with Gasteiger partial charge in [-0.3, -0.25) is 4.79 Å². The predicted molar refractivity (Wildman–Crippen MR) is 87.8 cm³/mol. The van der Waals surface area contributed by atoms with Gasteiger partial charge in [0.05, 0.1) is 22.3 Å². The summed E-state index contributed by atoms with van der Waals surface area (Å²) in [6, 6.07) is 3.74. The molecular formula is C14H18BrCl2NO2. The molecule has 0 atom stereocenters. The second-order valence-corrected chi connectivity index (χ2v) is 5.88. The Balaban J connectivity index is 2.22. The number of ether oxygens (including phenoxy) is 1. The van der Waals surface area contributed by atoms with E-state index in [1.54, 1.807) is 0 Å². The lowest BCUT2D eigenvalue weighted by Gasteiger charge is -2.10. The van der Waals surface area contributed by atoms with E-state index in [-0.39, 0.29) is 5.97 Å². The molecule has 0 saturated carbocycles. The van der Waals surface area contributed by atoms with Gasteiger partial charge in [0, 0.05) is 17.4 Å². The highest BCUT2D eigenvalue weighted by atomic mass is 79.9. The molecule has 1 N–H and O–H groups in total. The van der Waals surface area contributed by atoms with Gasteiger partial charge >= 0.3 is 5.97 Å². The zero-order valence-electron chi connectivity index (χ0n) is 11.3. The molecule has 1 aromatic rings. The molecule has 0 aliphatic heterocycles. The molecule has 0 unspecified atom stereocenters. The van der Waals surface area contributed by atoms with E-state index in [1.165, 1.54) is 0 Å². The van der Waals surface area contributed by atoms with Gasteiger partial charge in [-0.25, -0.2) is 0 Å². The second-order valence-electron chi connectivity index (χ2n) is 4.27. The maximum absolute atomic E-state index is 11.1. The number of halogens is 3. The van der Waals surface area contributed by atoms with E-state index in [1.807, 2.05) is 19.1 Å². The number of hydrogen-bond acceptors (Lipinski definition) is 3. The Morgan fingerprint density at radius 1 is 1.25 bits per heavy atom. The Hall–Kier alpha value is -0.450. The molecule has 20 heavy (non-hydrogen) atoms. The maximum atomic E-state index is 11.1. The van der Waals surface area contributed by atoms with Crippen LogP contribution in [-0.4, -0.2) is 19.1 Å². The first kappa shape index (κ1) is 17.6. The van der Waals surface area contributed by atoms with Crippen molar-refractivity contribution >= 4 is 50.8 Å². The van der Waals surface area contributed by atoms with Gasteiger partial charge in [-0.2, -0.15) is 0 Å². The molecule has 0 aliphatic carbocycles. The van der Waals surface area contributed by atoms with Gasteiger partial charge in [-0.05, 0) is 47.8 Å². The fourth-order valence-electron chi connectivity index (χ4n) is 1.69. The van der Waals surface area contributed by atoms with E-state index in [0.29, 0.717) is 23.1 Å². The minimum atomic E-state index is -0.122. The van der Waals surface area contributed by atoms with Crippen molar-refractivity contribution in [1.29, 1.82) is 0 Å². The highest BCUT2D eigenvalue weighted by Gasteiger charge is 2.07. The van der Waals surface area contributed by atoms with Crippen LogP contribution in [0.3, 0.4) is 0 Å². The Morgan fingerprint density at radius 2 is 2.00 bits per heavy atom. The van der Waals surface area contributed by atoms with Crippen LogP contribution in [0.15, 0.2) is 16.6 Å². The van der Waals surface area contributed by atoms with Crippen LogP contribution in [0.5, 0.6) is 0 Å². The number of nitrogens with one attached hydrogen (secondary N) is 1. The van der Waals surface area contributed by atoms with E-state index in [0.717, 1.165) is 36.0 Å². The van der Waals surface area contributed by atoms with Gasteiger partial charge in [0.15, 0.2) is 0 Å². The van der Waals surface area contributed by atoms with Gasteiger partial charge < -0.3 is 10.1 Å². The van der Waals surface area contributed by atoms with E-state index in [9.17, 15) is 4.79 Å². The maximum Gasteiger partial charge on any atom is 0.305 e. The molecule has 0 amide bonds. The Labute approximate surface area is 138 Å². The Kier molecular flexibility index (Phi) is 8.34. The lowest BCUT2D eigenvalue weighted by Crippen LogP contribution is -2.05. The summed E-state index contributed by atoms with van der Waals surface area (Å²) in [5, 5.41) is 4.27. The number of esters is 1. The van der Waals surface area contributed by atoms with E-state index < -0.39 is 0 Å². The van der Waals surface area contributed by atoms with Crippen LogP contribution >= 0.6 is 39.1 Å². The minimum absolute atomic E-state index is 0.122. The van der Waals surface area contributed by atoms with E-state index in [2.05, 4.69) is 21.2 Å². The van der Waals surface area contributed by atoms with Crippen molar-refractivity contribution in [3.05, 3.63) is 26.7 Å². The molecule has 0 aliphatic rings. The van der Waals surface area contributed by atoms with Crippen molar-refractivity contribution < 1.29 is 9.53 Å². The number of anilines is 1. The fourth-order valence-corrected chi connectivity index (χ4v) is 2.53. The van der Waals surface area contributed by atoms with E-state index >= 15 is 0 Å². The zero-order chi connectivity index (χ0) is 15.0. The number of benzene rings is 1. The van der Waals surface area contributed by atoms with Crippen molar-refractivity contribution in [3.8, 4) is 0 Å². The van der Waals surface area contributed by atoms with Crippen molar-refractivity contribution in [1.82, 2.24) is 0 Å². The van der Waals surface area contributed by atoms with Crippen molar-refractivity contribution in [2.45, 2.75) is 32.6 Å². The number of carbonyl (C=O) groups excluding carboxylic acids is 1. The fraction of sp³-hybridized carbons (Fsp3) is 0.500. The molecule has 0 aromatic heterocycles. The summed E-state index contributed by atoms with van der Waals surface area (Å²) in [5.41, 5.74) is 0.824. The van der Waals surface area contributed by atoms with E-state index in [4.69, 9.17) is 27.9 Å². The molecule has 0 fully saturated rings. The average Bonchev–Trinajstić information content (AvgIpc) is 2.42. The van der Waals surface area contributed by atoms with Gasteiger partial charge in [0.1, 0.15) is 0 Å². The summed E-state index contributed by atoms with van der Waals surface area (Å²) in [6.45, 7) is 3.05. The standard InChI is InChI=1S/C14H18BrCl2NO2/c1-2-20-12(19)6-4-3-5-9-18-11-8-7-10(15)13(16)14(11)17/h7-8,18H,2-6,9H2,1H3. The lowest BCUT2D eigenvalue weighted by atomic mass is 10.2. The predicted octanol–water partition coefficient (Wildman–Crippen LogP) is 5.29. The third-order valence-corrected chi connectivity index (χ3v) is 4.48. The van der Waals surface area contributed by atoms with Gasteiger partial charge in [0.2, 0.25) is 0 Å². The van der Waals surface area contributed by atoms with Crippen molar-refractivity contribution in [2.75, 3.05) is 18.5 Å². The zero-order valence-corrected chi connectivity index (χ0v) is 14.4. The molecule has 0 saturated heterocycles. The van der Waals surface area contributed by atoms with Crippen LogP contribution in [0, 0.1) is 0 Å². The number of carbonyl (C=O) groups is 1. The molecule has 0 heterocycles. The monoisotopic (exact) mass is 381 g/mol. The molecule has 1 aromatic carbocycles. The van der Waals surface area contributed by atoms with Crippen LogP contribution < -0.4 is 5.32 Å². The van der Waals surface area contributed by atoms with Crippen molar-refractivity contribution in [3.63, 3.8) is 0 Å². The molecule has 0 spiro atoms. The molecule has 1 rings (SSSR count). The summed E-state index contributed by atoms with van der Waals surface area (Å²) >= 11 is 15.5. The first-order chi connectivity index (χ1) is 9.56. The van der Waals surface area contributed by atoms with Gasteiger partial charge in [-0.1, -0.05) is 29.6 Å². The first-order valence-electron chi connectivity index (χ1n) is 6.59. The van der Waals surface area contributed by atoms with Crippen LogP contribution in [-0.2, 0) is 9.53 Å². The van der Waals surface area contributed by atoms with Crippen LogP contribution in [0.1, 0.15) is 32.6 Å². The normalized spacial score (nSPS) is 10.4. The van der Waals surface area contributed by atoms with Crippen molar-refractivity contribution in [2.24, 2.45) is 0 Å².